The maximum absolute atomic E-state index is 9.99. The van der Waals surface area contributed by atoms with Gasteiger partial charge in [-0.2, -0.15) is 0 Å². The van der Waals surface area contributed by atoms with E-state index in [4.69, 9.17) is 11.6 Å². The Labute approximate surface area is 94.0 Å². The Morgan fingerprint density at radius 1 is 1.53 bits per heavy atom. The molecule has 0 saturated carbocycles. The number of aromatic nitrogens is 1. The van der Waals surface area contributed by atoms with E-state index in [2.05, 4.69) is 22.9 Å². The van der Waals surface area contributed by atoms with Gasteiger partial charge in [-0.25, -0.2) is 0 Å². The van der Waals surface area contributed by atoms with Crippen LogP contribution in [0.1, 0.15) is 5.69 Å². The van der Waals surface area contributed by atoms with E-state index in [9.17, 15) is 4.79 Å². The zero-order chi connectivity index (χ0) is 11.5. The quantitative estimate of drug-likeness (QED) is 0.451. The maximum atomic E-state index is 9.99. The second-order valence-electron chi connectivity index (χ2n) is 2.25. The van der Waals surface area contributed by atoms with Gasteiger partial charge in [0.05, 0.1) is 12.0 Å². The first kappa shape index (κ1) is 13.4. The SMILES string of the molecule is C=COC(=O)CCl.C=Cc1ccccn1. The summed E-state index contributed by atoms with van der Waals surface area (Å²) in [4.78, 5) is 14.0. The molecule has 0 aliphatic heterocycles. The third-order valence-electron chi connectivity index (χ3n) is 1.22. The molecule has 0 aliphatic carbocycles. The first-order chi connectivity index (χ1) is 7.24. The zero-order valence-electron chi connectivity index (χ0n) is 8.23. The molecule has 0 N–H and O–H groups in total. The van der Waals surface area contributed by atoms with Crippen LogP contribution >= 0.6 is 11.6 Å². The molecule has 0 aliphatic rings. The third-order valence-corrected chi connectivity index (χ3v) is 1.44. The number of pyridine rings is 1. The van der Waals surface area contributed by atoms with Gasteiger partial charge >= 0.3 is 5.97 Å². The summed E-state index contributed by atoms with van der Waals surface area (Å²) in [7, 11) is 0. The van der Waals surface area contributed by atoms with E-state index < -0.39 is 5.97 Å². The highest BCUT2D eigenvalue weighted by molar-refractivity contribution is 6.26. The van der Waals surface area contributed by atoms with Crippen molar-refractivity contribution in [2.75, 3.05) is 5.88 Å². The molecular weight excluding hydrogens is 214 g/mol. The van der Waals surface area contributed by atoms with Crippen molar-refractivity contribution >= 4 is 23.6 Å². The molecule has 0 saturated heterocycles. The van der Waals surface area contributed by atoms with E-state index in [-0.39, 0.29) is 5.88 Å². The highest BCUT2D eigenvalue weighted by Crippen LogP contribution is 1.91. The van der Waals surface area contributed by atoms with Crippen LogP contribution in [0.25, 0.3) is 6.08 Å². The average molecular weight is 226 g/mol. The van der Waals surface area contributed by atoms with Crippen molar-refractivity contribution in [1.82, 2.24) is 4.98 Å². The fraction of sp³-hybridized carbons (Fsp3) is 0.0909. The summed E-state index contributed by atoms with van der Waals surface area (Å²) in [5.74, 6) is -0.594. The molecule has 0 unspecified atom stereocenters. The largest absolute Gasteiger partial charge is 0.434 e. The molecule has 4 heteroatoms. The minimum atomic E-state index is -0.475. The van der Waals surface area contributed by atoms with Crippen molar-refractivity contribution in [2.24, 2.45) is 0 Å². The number of halogens is 1. The van der Waals surface area contributed by atoms with Gasteiger partial charge in [-0.15, -0.1) is 11.6 Å². The Kier molecular flexibility index (Phi) is 8.00. The first-order valence-electron chi connectivity index (χ1n) is 4.14. The molecule has 0 spiro atoms. The molecule has 0 radical (unpaired) electrons. The third kappa shape index (κ3) is 7.46. The summed E-state index contributed by atoms with van der Waals surface area (Å²) in [5, 5.41) is 0. The van der Waals surface area contributed by atoms with Crippen LogP contribution in [0.4, 0.5) is 0 Å². The summed E-state index contributed by atoms with van der Waals surface area (Å²) in [5.41, 5.74) is 0.924. The first-order valence-corrected chi connectivity index (χ1v) is 4.67. The van der Waals surface area contributed by atoms with Crippen LogP contribution in [0.15, 0.2) is 43.8 Å². The Morgan fingerprint density at radius 2 is 2.27 bits per heavy atom. The number of hydrogen-bond donors (Lipinski definition) is 0. The molecule has 1 heterocycles. The molecule has 3 nitrogen and oxygen atoms in total. The number of hydrogen-bond acceptors (Lipinski definition) is 3. The van der Waals surface area contributed by atoms with Crippen molar-refractivity contribution in [3.05, 3.63) is 49.5 Å². The smallest absolute Gasteiger partial charge is 0.325 e. The molecule has 80 valence electrons. The number of carbonyl (C=O) groups is 1. The van der Waals surface area contributed by atoms with Gasteiger partial charge in [0.2, 0.25) is 0 Å². The number of carbonyl (C=O) groups excluding carboxylic acids is 1. The predicted octanol–water partition coefficient (Wildman–Crippen LogP) is 2.64. The standard InChI is InChI=1S/C7H7N.C4H5ClO2/c1-2-7-5-3-4-6-8-7;1-2-7-4(6)3-5/h2-6H,1H2;2H,1,3H2. The summed E-state index contributed by atoms with van der Waals surface area (Å²) >= 11 is 5.01. The molecule has 0 bridgehead atoms. The zero-order valence-corrected chi connectivity index (χ0v) is 8.98. The lowest BCUT2D eigenvalue weighted by atomic mass is 10.4. The molecule has 0 fully saturated rings. The van der Waals surface area contributed by atoms with E-state index >= 15 is 0 Å². The van der Waals surface area contributed by atoms with Crippen LogP contribution in [-0.4, -0.2) is 16.8 Å². The lowest BCUT2D eigenvalue weighted by Gasteiger charge is -1.87. The normalized spacial score (nSPS) is 8.07. The van der Waals surface area contributed by atoms with Crippen LogP contribution in [0, 0.1) is 0 Å². The van der Waals surface area contributed by atoms with E-state index in [0.717, 1.165) is 12.0 Å². The van der Waals surface area contributed by atoms with Gasteiger partial charge in [0, 0.05) is 6.20 Å². The lowest BCUT2D eigenvalue weighted by molar-refractivity contribution is -0.135. The van der Waals surface area contributed by atoms with Crippen molar-refractivity contribution in [3.8, 4) is 0 Å². The van der Waals surface area contributed by atoms with Crippen LogP contribution in [0.2, 0.25) is 0 Å². The van der Waals surface area contributed by atoms with Gasteiger partial charge in [0.25, 0.3) is 0 Å². The second kappa shape index (κ2) is 8.97. The summed E-state index contributed by atoms with van der Waals surface area (Å²) < 4.78 is 4.18. The minimum Gasteiger partial charge on any atom is -0.434 e. The Morgan fingerprint density at radius 3 is 2.53 bits per heavy atom. The Bertz CT molecular complexity index is 312. The number of esters is 1. The highest BCUT2D eigenvalue weighted by atomic mass is 35.5. The Balaban J connectivity index is 0.000000265. The molecule has 0 amide bonds. The predicted molar refractivity (Wildman–Crippen MR) is 61.3 cm³/mol. The summed E-state index contributed by atoms with van der Waals surface area (Å²) in [6.45, 7) is 6.72. The monoisotopic (exact) mass is 225 g/mol. The maximum Gasteiger partial charge on any atom is 0.325 e. The van der Waals surface area contributed by atoms with E-state index in [1.54, 1.807) is 12.3 Å². The molecule has 0 aromatic carbocycles. The molecule has 0 atom stereocenters. The lowest BCUT2D eigenvalue weighted by Crippen LogP contribution is -1.98. The number of rotatable bonds is 3. The second-order valence-corrected chi connectivity index (χ2v) is 2.52. The summed E-state index contributed by atoms with van der Waals surface area (Å²) in [6.07, 6.45) is 4.52. The number of ether oxygens (including phenoxy) is 1. The minimum absolute atomic E-state index is 0.119. The van der Waals surface area contributed by atoms with E-state index in [1.165, 1.54) is 0 Å². The van der Waals surface area contributed by atoms with Crippen LogP contribution in [0.5, 0.6) is 0 Å². The van der Waals surface area contributed by atoms with Gasteiger partial charge < -0.3 is 4.74 Å². The summed E-state index contributed by atoms with van der Waals surface area (Å²) in [6, 6.07) is 5.73. The fourth-order valence-electron chi connectivity index (χ4n) is 0.621. The van der Waals surface area contributed by atoms with Crippen LogP contribution in [-0.2, 0) is 9.53 Å². The Hall–Kier alpha value is -1.61. The van der Waals surface area contributed by atoms with Gasteiger partial charge in [-0.3, -0.25) is 9.78 Å². The number of nitrogens with zero attached hydrogens (tertiary/aromatic N) is 1. The molecule has 1 rings (SSSR count). The van der Waals surface area contributed by atoms with E-state index in [0.29, 0.717) is 0 Å². The van der Waals surface area contributed by atoms with Crippen molar-refractivity contribution in [3.63, 3.8) is 0 Å². The molecule has 1 aromatic heterocycles. The van der Waals surface area contributed by atoms with Gasteiger partial charge in [0.1, 0.15) is 5.88 Å². The molecular formula is C11H12ClNO2. The topological polar surface area (TPSA) is 39.2 Å². The average Bonchev–Trinajstić information content (AvgIpc) is 2.31. The van der Waals surface area contributed by atoms with E-state index in [1.807, 2.05) is 18.2 Å². The van der Waals surface area contributed by atoms with Gasteiger partial charge in [0.15, 0.2) is 0 Å². The van der Waals surface area contributed by atoms with Gasteiger partial charge in [-0.05, 0) is 18.2 Å². The van der Waals surface area contributed by atoms with Crippen molar-refractivity contribution in [2.45, 2.75) is 0 Å². The molecule has 1 aromatic rings. The van der Waals surface area contributed by atoms with Crippen LogP contribution in [0.3, 0.4) is 0 Å². The van der Waals surface area contributed by atoms with Gasteiger partial charge in [-0.1, -0.05) is 19.2 Å². The van der Waals surface area contributed by atoms with Crippen molar-refractivity contribution in [1.29, 1.82) is 0 Å². The number of alkyl halides is 1. The van der Waals surface area contributed by atoms with Crippen LogP contribution < -0.4 is 0 Å². The fourth-order valence-corrected chi connectivity index (χ4v) is 0.684. The van der Waals surface area contributed by atoms with Crippen molar-refractivity contribution < 1.29 is 9.53 Å². The highest BCUT2D eigenvalue weighted by Gasteiger charge is 1.91. The molecule has 15 heavy (non-hydrogen) atoms.